The van der Waals surface area contributed by atoms with E-state index in [1.165, 1.54) is 11.3 Å². The van der Waals surface area contributed by atoms with Gasteiger partial charge in [0, 0.05) is 76.8 Å². The molecule has 2 saturated heterocycles. The molecular formula is C31H38ClN7O2. The van der Waals surface area contributed by atoms with Crippen LogP contribution in [0.5, 0.6) is 5.75 Å². The molecule has 0 saturated carbocycles. The maximum Gasteiger partial charge on any atom is 0.159 e. The van der Waals surface area contributed by atoms with Gasteiger partial charge in [-0.2, -0.15) is 0 Å². The molecule has 0 radical (unpaired) electrons. The third-order valence-corrected chi connectivity index (χ3v) is 8.43. The number of fused-ring (bicyclic) bond motifs is 1. The normalized spacial score (nSPS) is 18.3. The number of aromatic amines is 1. The van der Waals surface area contributed by atoms with Crippen LogP contribution in [-0.2, 0) is 11.3 Å². The number of H-pyrrole nitrogens is 1. The Bertz CT molecular complexity index is 1440. The minimum absolute atomic E-state index is 0.283. The van der Waals surface area contributed by atoms with Gasteiger partial charge in [-0.05, 0) is 48.4 Å². The van der Waals surface area contributed by atoms with Gasteiger partial charge in [0.2, 0.25) is 0 Å². The molecule has 0 bridgehead atoms. The zero-order valence-electron chi connectivity index (χ0n) is 23.8. The van der Waals surface area contributed by atoms with Crippen molar-refractivity contribution in [1.29, 1.82) is 0 Å². The number of halogens is 1. The molecule has 1 atom stereocenters. The van der Waals surface area contributed by atoms with Crippen molar-refractivity contribution in [2.75, 3.05) is 76.9 Å². The Morgan fingerprint density at radius 3 is 2.49 bits per heavy atom. The van der Waals surface area contributed by atoms with Crippen molar-refractivity contribution >= 4 is 34.1 Å². The van der Waals surface area contributed by atoms with E-state index in [4.69, 9.17) is 26.1 Å². The van der Waals surface area contributed by atoms with E-state index in [0.29, 0.717) is 5.02 Å². The van der Waals surface area contributed by atoms with Gasteiger partial charge < -0.3 is 24.7 Å². The molecule has 4 aromatic rings. The number of hydrogen-bond donors (Lipinski definition) is 2. The van der Waals surface area contributed by atoms with Crippen molar-refractivity contribution in [3.05, 3.63) is 65.3 Å². The van der Waals surface area contributed by atoms with E-state index >= 15 is 0 Å². The molecule has 6 rings (SSSR count). The summed E-state index contributed by atoms with van der Waals surface area (Å²) in [6.07, 6.45) is 2.74. The van der Waals surface area contributed by atoms with E-state index in [9.17, 15) is 0 Å². The van der Waals surface area contributed by atoms with Crippen LogP contribution in [0, 0.1) is 0 Å². The van der Waals surface area contributed by atoms with E-state index in [1.54, 1.807) is 20.4 Å². The zero-order valence-corrected chi connectivity index (χ0v) is 24.5. The highest BCUT2D eigenvalue weighted by atomic mass is 35.5. The Hall–Kier alpha value is -3.37. The Morgan fingerprint density at radius 1 is 0.976 bits per heavy atom. The topological polar surface area (TPSA) is 81.8 Å². The lowest BCUT2D eigenvalue weighted by Gasteiger charge is -2.36. The molecule has 2 aromatic heterocycles. The largest absolute Gasteiger partial charge is 0.497 e. The lowest BCUT2D eigenvalue weighted by Crippen LogP contribution is -2.47. The Kier molecular flexibility index (Phi) is 8.57. The number of ether oxygens (including phenoxy) is 2. The first-order valence-electron chi connectivity index (χ1n) is 14.3. The van der Waals surface area contributed by atoms with Crippen LogP contribution in [0.3, 0.4) is 0 Å². The predicted octanol–water partition coefficient (Wildman–Crippen LogP) is 4.74. The molecule has 1 unspecified atom stereocenters. The first-order chi connectivity index (χ1) is 20.1. The summed E-state index contributed by atoms with van der Waals surface area (Å²) in [5, 5.41) is 4.27. The summed E-state index contributed by atoms with van der Waals surface area (Å²) < 4.78 is 10.5. The van der Waals surface area contributed by atoms with Crippen LogP contribution >= 0.6 is 11.6 Å². The minimum Gasteiger partial charge on any atom is -0.497 e. The Balaban J connectivity index is 1.11. The van der Waals surface area contributed by atoms with E-state index in [1.807, 2.05) is 12.1 Å². The fourth-order valence-electron chi connectivity index (χ4n) is 5.77. The first-order valence-corrected chi connectivity index (χ1v) is 14.7. The summed E-state index contributed by atoms with van der Waals surface area (Å²) in [4.78, 5) is 20.2. The van der Waals surface area contributed by atoms with Gasteiger partial charge in [-0.25, -0.2) is 9.97 Å². The van der Waals surface area contributed by atoms with Crippen molar-refractivity contribution in [3.8, 4) is 17.1 Å². The molecule has 2 aliphatic heterocycles. The summed E-state index contributed by atoms with van der Waals surface area (Å²) in [6.45, 7) is 8.79. The van der Waals surface area contributed by atoms with E-state index in [-0.39, 0.29) is 6.04 Å². The molecule has 10 heteroatoms. The fraction of sp³-hybridized carbons (Fsp3) is 0.419. The molecule has 0 amide bonds. The van der Waals surface area contributed by atoms with Crippen molar-refractivity contribution in [2.45, 2.75) is 19.0 Å². The summed E-state index contributed by atoms with van der Waals surface area (Å²) in [5.74, 6) is 1.68. The molecule has 41 heavy (non-hydrogen) atoms. The van der Waals surface area contributed by atoms with Gasteiger partial charge in [-0.1, -0.05) is 23.7 Å². The summed E-state index contributed by atoms with van der Waals surface area (Å²) >= 11 is 6.66. The van der Waals surface area contributed by atoms with Crippen LogP contribution < -0.4 is 15.0 Å². The smallest absolute Gasteiger partial charge is 0.159 e. The van der Waals surface area contributed by atoms with Crippen molar-refractivity contribution in [3.63, 3.8) is 0 Å². The van der Waals surface area contributed by atoms with Crippen LogP contribution in [-0.4, -0.2) is 97.4 Å². The van der Waals surface area contributed by atoms with Crippen LogP contribution in [0.15, 0.2) is 54.7 Å². The fourth-order valence-corrected chi connectivity index (χ4v) is 5.97. The number of likely N-dealkylation sites (tertiary alicyclic amines) is 1. The molecule has 216 valence electrons. The van der Waals surface area contributed by atoms with Crippen molar-refractivity contribution in [2.24, 2.45) is 0 Å². The highest BCUT2D eigenvalue weighted by Gasteiger charge is 2.25. The van der Waals surface area contributed by atoms with Gasteiger partial charge in [0.15, 0.2) is 5.65 Å². The number of anilines is 2. The highest BCUT2D eigenvalue weighted by molar-refractivity contribution is 6.34. The average molecular weight is 576 g/mol. The third kappa shape index (κ3) is 6.43. The van der Waals surface area contributed by atoms with Crippen molar-refractivity contribution < 1.29 is 9.47 Å². The second-order valence-corrected chi connectivity index (χ2v) is 11.3. The maximum absolute atomic E-state index is 6.66. The predicted molar refractivity (Wildman–Crippen MR) is 165 cm³/mol. The molecule has 2 aromatic carbocycles. The van der Waals surface area contributed by atoms with Gasteiger partial charge in [0.1, 0.15) is 17.1 Å². The van der Waals surface area contributed by atoms with Crippen LogP contribution in [0.25, 0.3) is 22.6 Å². The lowest BCUT2D eigenvalue weighted by atomic mass is 10.1. The van der Waals surface area contributed by atoms with Crippen molar-refractivity contribution in [1.82, 2.24) is 24.8 Å². The second kappa shape index (κ2) is 12.7. The molecule has 2 aliphatic rings. The summed E-state index contributed by atoms with van der Waals surface area (Å²) in [6, 6.07) is 17.2. The summed E-state index contributed by atoms with van der Waals surface area (Å²) in [7, 11) is 3.45. The number of rotatable bonds is 10. The van der Waals surface area contributed by atoms with Gasteiger partial charge >= 0.3 is 0 Å². The average Bonchev–Trinajstić information content (AvgIpc) is 3.65. The van der Waals surface area contributed by atoms with Crippen LogP contribution in [0.2, 0.25) is 5.02 Å². The molecule has 4 heterocycles. The standard InChI is InChI=1S/C31H38ClN7O2/c1-40-18-17-37-13-15-39(16-14-37)25-7-5-23(6-8-25)30-35-29-28(27(32)19-33-31(29)36-30)34-24-11-12-38(21-24)20-22-3-9-26(41-2)10-4-22/h3-10,19,24H,11-18,20-21H2,1-2H3,(H2,33,34,35,36). The first kappa shape index (κ1) is 27.8. The quantitative estimate of drug-likeness (QED) is 0.281. The summed E-state index contributed by atoms with van der Waals surface area (Å²) in [5.41, 5.74) is 5.90. The lowest BCUT2D eigenvalue weighted by molar-refractivity contribution is 0.144. The number of aromatic nitrogens is 3. The highest BCUT2D eigenvalue weighted by Crippen LogP contribution is 2.33. The number of methoxy groups -OCH3 is 2. The Morgan fingerprint density at radius 2 is 1.76 bits per heavy atom. The van der Waals surface area contributed by atoms with Gasteiger partial charge in [-0.15, -0.1) is 0 Å². The number of benzene rings is 2. The molecule has 0 spiro atoms. The number of hydrogen-bond acceptors (Lipinski definition) is 8. The molecule has 9 nitrogen and oxygen atoms in total. The number of nitrogens with zero attached hydrogens (tertiary/aromatic N) is 5. The minimum atomic E-state index is 0.283. The third-order valence-electron chi connectivity index (χ3n) is 8.14. The van der Waals surface area contributed by atoms with Crippen LogP contribution in [0.4, 0.5) is 11.4 Å². The van der Waals surface area contributed by atoms with Gasteiger partial charge in [-0.3, -0.25) is 9.80 Å². The van der Waals surface area contributed by atoms with Gasteiger partial charge in [0.05, 0.1) is 30.6 Å². The molecule has 2 N–H and O–H groups in total. The van der Waals surface area contributed by atoms with Gasteiger partial charge in [0.25, 0.3) is 0 Å². The molecule has 2 fully saturated rings. The maximum atomic E-state index is 6.66. The number of piperazine rings is 1. The zero-order chi connectivity index (χ0) is 28.2. The van der Waals surface area contributed by atoms with E-state index in [2.05, 4.69) is 66.4 Å². The van der Waals surface area contributed by atoms with E-state index in [0.717, 1.165) is 99.4 Å². The monoisotopic (exact) mass is 575 g/mol. The number of pyridine rings is 1. The molecular weight excluding hydrogens is 538 g/mol. The number of nitrogens with one attached hydrogen (secondary N) is 2. The van der Waals surface area contributed by atoms with E-state index < -0.39 is 0 Å². The van der Waals surface area contributed by atoms with Crippen LogP contribution in [0.1, 0.15) is 12.0 Å². The Labute approximate surface area is 246 Å². The second-order valence-electron chi connectivity index (χ2n) is 10.8. The number of imidazole rings is 1. The SMILES string of the molecule is COCCN1CCN(c2ccc(-c3nc4c(NC5CCN(Cc6ccc(OC)cc6)C5)c(Cl)cnc4[nH]3)cc2)CC1. The molecule has 0 aliphatic carbocycles.